The number of hydrogen-bond donors (Lipinski definition) is 1. The molecule has 20 heavy (non-hydrogen) atoms. The number of halogens is 1. The molecule has 1 atom stereocenters. The van der Waals surface area contributed by atoms with Gasteiger partial charge in [-0.05, 0) is 43.0 Å². The Hall–Kier alpha value is -0.940. The number of rotatable bonds is 9. The van der Waals surface area contributed by atoms with Gasteiger partial charge in [0, 0.05) is 12.3 Å². The van der Waals surface area contributed by atoms with Crippen molar-refractivity contribution in [1.82, 2.24) is 5.32 Å². The van der Waals surface area contributed by atoms with Gasteiger partial charge < -0.3 is 5.32 Å². The van der Waals surface area contributed by atoms with E-state index in [1.54, 1.807) is 19.1 Å². The molecule has 1 aromatic carbocycles. The van der Waals surface area contributed by atoms with Gasteiger partial charge in [0.15, 0.2) is 0 Å². The minimum Gasteiger partial charge on any atom is -0.316 e. The van der Waals surface area contributed by atoms with Crippen LogP contribution in [-0.2, 0) is 9.84 Å². The molecule has 1 unspecified atom stereocenters. The van der Waals surface area contributed by atoms with Gasteiger partial charge in [-0.1, -0.05) is 26.0 Å². The number of likely N-dealkylation sites (N-methyl/N-ethyl adjacent to an activating group) is 1. The van der Waals surface area contributed by atoms with Crippen LogP contribution in [-0.4, -0.2) is 33.0 Å². The van der Waals surface area contributed by atoms with E-state index in [-0.39, 0.29) is 23.2 Å². The Kier molecular flexibility index (Phi) is 7.16. The zero-order valence-electron chi connectivity index (χ0n) is 12.2. The molecule has 0 radical (unpaired) electrons. The van der Waals surface area contributed by atoms with Crippen LogP contribution in [0, 0.1) is 5.82 Å². The minimum atomic E-state index is -2.90. The molecular weight excluding hydrogens is 277 g/mol. The van der Waals surface area contributed by atoms with E-state index >= 15 is 0 Å². The molecule has 0 aliphatic rings. The van der Waals surface area contributed by atoms with Crippen molar-refractivity contribution in [3.05, 3.63) is 35.6 Å². The Morgan fingerprint density at radius 3 is 2.40 bits per heavy atom. The van der Waals surface area contributed by atoms with E-state index in [9.17, 15) is 12.8 Å². The van der Waals surface area contributed by atoms with Crippen molar-refractivity contribution in [3.8, 4) is 0 Å². The largest absolute Gasteiger partial charge is 0.316 e. The third-order valence-corrected chi connectivity index (χ3v) is 5.22. The van der Waals surface area contributed by atoms with Crippen molar-refractivity contribution in [2.24, 2.45) is 0 Å². The third-order valence-electron chi connectivity index (χ3n) is 3.43. The predicted octanol–water partition coefficient (Wildman–Crippen LogP) is 2.73. The molecule has 0 heterocycles. The number of hydrogen-bond acceptors (Lipinski definition) is 3. The topological polar surface area (TPSA) is 46.2 Å². The average molecular weight is 301 g/mol. The normalized spacial score (nSPS) is 13.3. The highest BCUT2D eigenvalue weighted by atomic mass is 32.2. The predicted molar refractivity (Wildman–Crippen MR) is 81.2 cm³/mol. The molecule has 114 valence electrons. The zero-order valence-corrected chi connectivity index (χ0v) is 13.0. The molecule has 1 rings (SSSR count). The lowest BCUT2D eigenvalue weighted by atomic mass is 9.94. The first kappa shape index (κ1) is 17.1. The van der Waals surface area contributed by atoms with Crippen molar-refractivity contribution in [2.45, 2.75) is 32.6 Å². The van der Waals surface area contributed by atoms with Crippen LogP contribution in [0.25, 0.3) is 0 Å². The van der Waals surface area contributed by atoms with Crippen molar-refractivity contribution in [2.75, 3.05) is 24.6 Å². The lowest BCUT2D eigenvalue weighted by Gasteiger charge is -2.17. The third kappa shape index (κ3) is 6.01. The molecule has 0 aliphatic carbocycles. The zero-order chi connectivity index (χ0) is 15.0. The molecule has 1 aromatic rings. The van der Waals surface area contributed by atoms with Crippen LogP contribution in [0.2, 0.25) is 0 Å². The quantitative estimate of drug-likeness (QED) is 0.763. The van der Waals surface area contributed by atoms with Gasteiger partial charge in [0.05, 0.1) is 5.75 Å². The van der Waals surface area contributed by atoms with E-state index in [2.05, 4.69) is 5.32 Å². The van der Waals surface area contributed by atoms with Gasteiger partial charge in [-0.25, -0.2) is 12.8 Å². The molecule has 1 N–H and O–H groups in total. The molecule has 0 aromatic heterocycles. The molecule has 0 saturated carbocycles. The highest BCUT2D eigenvalue weighted by Gasteiger charge is 2.14. The van der Waals surface area contributed by atoms with Crippen LogP contribution >= 0.6 is 0 Å². The van der Waals surface area contributed by atoms with Crippen molar-refractivity contribution in [1.29, 1.82) is 0 Å². The summed E-state index contributed by atoms with van der Waals surface area (Å²) >= 11 is 0. The van der Waals surface area contributed by atoms with Gasteiger partial charge in [0.25, 0.3) is 0 Å². The van der Waals surface area contributed by atoms with Gasteiger partial charge in [-0.2, -0.15) is 0 Å². The lowest BCUT2D eigenvalue weighted by Crippen LogP contribution is -2.22. The highest BCUT2D eigenvalue weighted by Crippen LogP contribution is 2.21. The fourth-order valence-electron chi connectivity index (χ4n) is 2.13. The Morgan fingerprint density at radius 1 is 1.20 bits per heavy atom. The Labute approximate surface area is 121 Å². The first-order valence-electron chi connectivity index (χ1n) is 7.15. The lowest BCUT2D eigenvalue weighted by molar-refractivity contribution is 0.546. The molecule has 0 spiro atoms. The molecule has 0 fully saturated rings. The van der Waals surface area contributed by atoms with Crippen molar-refractivity contribution in [3.63, 3.8) is 0 Å². The number of benzene rings is 1. The molecule has 0 amide bonds. The van der Waals surface area contributed by atoms with Gasteiger partial charge in [0.1, 0.15) is 15.7 Å². The van der Waals surface area contributed by atoms with E-state index in [4.69, 9.17) is 0 Å². The summed E-state index contributed by atoms with van der Waals surface area (Å²) in [6, 6.07) is 6.48. The van der Waals surface area contributed by atoms with Crippen LogP contribution in [0.15, 0.2) is 24.3 Å². The van der Waals surface area contributed by atoms with Gasteiger partial charge in [0.2, 0.25) is 0 Å². The van der Waals surface area contributed by atoms with E-state index in [1.807, 2.05) is 6.92 Å². The maximum Gasteiger partial charge on any atom is 0.150 e. The molecule has 0 saturated heterocycles. The molecule has 5 heteroatoms. The van der Waals surface area contributed by atoms with Crippen LogP contribution in [0.5, 0.6) is 0 Å². The van der Waals surface area contributed by atoms with Gasteiger partial charge >= 0.3 is 0 Å². The smallest absolute Gasteiger partial charge is 0.150 e. The summed E-state index contributed by atoms with van der Waals surface area (Å²) in [7, 11) is -2.90. The van der Waals surface area contributed by atoms with E-state index in [0.717, 1.165) is 25.1 Å². The maximum atomic E-state index is 13.0. The summed E-state index contributed by atoms with van der Waals surface area (Å²) < 4.78 is 36.0. The molecule has 0 bridgehead atoms. The highest BCUT2D eigenvalue weighted by molar-refractivity contribution is 7.91. The average Bonchev–Trinajstić information content (AvgIpc) is 2.43. The summed E-state index contributed by atoms with van der Waals surface area (Å²) in [5.41, 5.74) is 1.06. The summed E-state index contributed by atoms with van der Waals surface area (Å²) in [5.74, 6) is 0.404. The fourth-order valence-corrected chi connectivity index (χ4v) is 3.03. The first-order valence-corrected chi connectivity index (χ1v) is 8.97. The van der Waals surface area contributed by atoms with Crippen LogP contribution in [0.1, 0.15) is 38.2 Å². The molecule has 0 aliphatic heterocycles. The molecule has 3 nitrogen and oxygen atoms in total. The second-order valence-corrected chi connectivity index (χ2v) is 7.41. The van der Waals surface area contributed by atoms with E-state index in [0.29, 0.717) is 6.42 Å². The Balaban J connectivity index is 2.62. The monoisotopic (exact) mass is 301 g/mol. The minimum absolute atomic E-state index is 0.196. The summed E-state index contributed by atoms with van der Waals surface area (Å²) in [6.07, 6.45) is 1.43. The van der Waals surface area contributed by atoms with Gasteiger partial charge in [-0.3, -0.25) is 0 Å². The fraction of sp³-hybridized carbons (Fsp3) is 0.600. The van der Waals surface area contributed by atoms with Crippen LogP contribution < -0.4 is 5.32 Å². The first-order chi connectivity index (χ1) is 9.48. The van der Waals surface area contributed by atoms with Crippen LogP contribution in [0.4, 0.5) is 4.39 Å². The Bertz CT molecular complexity index is 485. The number of sulfone groups is 1. The Morgan fingerprint density at radius 2 is 1.85 bits per heavy atom. The van der Waals surface area contributed by atoms with Crippen LogP contribution in [0.3, 0.4) is 0 Å². The SMILES string of the molecule is CCNCC(CCCS(=O)(=O)CC)c1ccc(F)cc1. The molecular formula is C15H24FNO2S. The summed E-state index contributed by atoms with van der Waals surface area (Å²) in [6.45, 7) is 5.36. The van der Waals surface area contributed by atoms with E-state index < -0.39 is 9.84 Å². The summed E-state index contributed by atoms with van der Waals surface area (Å²) in [4.78, 5) is 0. The second kappa shape index (κ2) is 8.37. The van der Waals surface area contributed by atoms with Crippen molar-refractivity contribution < 1.29 is 12.8 Å². The second-order valence-electron chi connectivity index (χ2n) is 4.93. The number of nitrogens with one attached hydrogen (secondary N) is 1. The standard InChI is InChI=1S/C15H24FNO2S/c1-3-17-12-14(6-5-11-20(18,19)4-2)13-7-9-15(16)10-8-13/h7-10,14,17H,3-6,11-12H2,1-2H3. The summed E-state index contributed by atoms with van der Waals surface area (Å²) in [5, 5.41) is 3.28. The maximum absolute atomic E-state index is 13.0. The van der Waals surface area contributed by atoms with E-state index in [1.165, 1.54) is 12.1 Å². The van der Waals surface area contributed by atoms with Gasteiger partial charge in [-0.15, -0.1) is 0 Å². The van der Waals surface area contributed by atoms with Crippen molar-refractivity contribution >= 4 is 9.84 Å².